The average Bonchev–Trinajstić information content (AvgIpc) is 3.37. The number of carboxylic acid groups (broad SMARTS) is 1. The normalized spacial score (nSPS) is 15.9. The molecule has 232 valence electrons. The molecule has 0 bridgehead atoms. The molecular formula is C34H26F3N5O4. The monoisotopic (exact) mass is 625 g/mol. The summed E-state index contributed by atoms with van der Waals surface area (Å²) in [6, 6.07) is 16.9. The van der Waals surface area contributed by atoms with Crippen molar-refractivity contribution in [1.29, 1.82) is 5.26 Å². The van der Waals surface area contributed by atoms with E-state index in [2.05, 4.69) is 9.97 Å². The Morgan fingerprint density at radius 2 is 1.80 bits per heavy atom. The lowest BCUT2D eigenvalue weighted by Gasteiger charge is -2.45. The number of ether oxygens (including phenoxy) is 1. The molecule has 0 saturated carbocycles. The molecule has 1 N–H and O–H groups in total. The number of imidazole rings is 1. The van der Waals surface area contributed by atoms with Gasteiger partial charge in [0.05, 0.1) is 39.3 Å². The number of aromatic nitrogens is 3. The molecule has 0 spiro atoms. The first-order valence-corrected chi connectivity index (χ1v) is 14.2. The number of fused-ring (bicyclic) bond motifs is 1. The van der Waals surface area contributed by atoms with Gasteiger partial charge in [-0.3, -0.25) is 4.79 Å². The molecule has 1 amide bonds. The van der Waals surface area contributed by atoms with Crippen LogP contribution in [0.1, 0.15) is 39.8 Å². The molecule has 2 aromatic heterocycles. The predicted octanol–water partition coefficient (Wildman–Crippen LogP) is 5.73. The van der Waals surface area contributed by atoms with E-state index in [1.807, 2.05) is 6.07 Å². The fourth-order valence-corrected chi connectivity index (χ4v) is 5.74. The summed E-state index contributed by atoms with van der Waals surface area (Å²) in [6.45, 7) is 2.25. The Kier molecular flexibility index (Phi) is 7.69. The van der Waals surface area contributed by atoms with Crippen LogP contribution in [0.3, 0.4) is 0 Å². The van der Waals surface area contributed by atoms with Gasteiger partial charge >= 0.3 is 5.97 Å². The van der Waals surface area contributed by atoms with E-state index in [4.69, 9.17) is 10.00 Å². The molecule has 0 unspecified atom stereocenters. The Labute approximate surface area is 261 Å². The van der Waals surface area contributed by atoms with Crippen molar-refractivity contribution in [2.24, 2.45) is 5.41 Å². The van der Waals surface area contributed by atoms with E-state index in [1.54, 1.807) is 35.6 Å². The second-order valence-electron chi connectivity index (χ2n) is 11.5. The molecule has 1 aliphatic heterocycles. The quantitative estimate of drug-likeness (QED) is 0.208. The van der Waals surface area contributed by atoms with Gasteiger partial charge in [0, 0.05) is 43.8 Å². The highest BCUT2D eigenvalue weighted by molar-refractivity contribution is 5.93. The van der Waals surface area contributed by atoms with Gasteiger partial charge in [-0.05, 0) is 61.0 Å². The van der Waals surface area contributed by atoms with Gasteiger partial charge in [0.1, 0.15) is 29.9 Å². The number of benzene rings is 3. The Hall–Kier alpha value is -5.70. The molecule has 1 fully saturated rings. The molecule has 0 aliphatic carbocycles. The molecule has 3 heterocycles. The molecule has 9 nitrogen and oxygen atoms in total. The zero-order valence-electron chi connectivity index (χ0n) is 24.7. The van der Waals surface area contributed by atoms with Crippen molar-refractivity contribution in [3.05, 3.63) is 112 Å². The van der Waals surface area contributed by atoms with E-state index in [0.29, 0.717) is 23.4 Å². The lowest BCUT2D eigenvalue weighted by atomic mass is 9.81. The Morgan fingerprint density at radius 3 is 2.50 bits per heavy atom. The molecular weight excluding hydrogens is 599 g/mol. The fraction of sp³-hybridized carbons (Fsp3) is 0.206. The first kappa shape index (κ1) is 30.3. The highest BCUT2D eigenvalue weighted by Gasteiger charge is 2.47. The summed E-state index contributed by atoms with van der Waals surface area (Å²) in [7, 11) is 1.69. The number of hydrogen-bond acceptors (Lipinski definition) is 6. The minimum atomic E-state index is -1.13. The van der Waals surface area contributed by atoms with E-state index < -0.39 is 28.8 Å². The van der Waals surface area contributed by atoms with Crippen LogP contribution in [0.25, 0.3) is 22.3 Å². The van der Waals surface area contributed by atoms with E-state index in [9.17, 15) is 19.1 Å². The number of amides is 1. The fourth-order valence-electron chi connectivity index (χ4n) is 5.74. The lowest BCUT2D eigenvalue weighted by Crippen LogP contribution is -2.59. The zero-order valence-corrected chi connectivity index (χ0v) is 24.7. The van der Waals surface area contributed by atoms with Crippen LogP contribution in [0.5, 0.6) is 5.88 Å². The summed E-state index contributed by atoms with van der Waals surface area (Å²) >= 11 is 0. The number of carbonyl (C=O) groups excluding carboxylic acids is 1. The van der Waals surface area contributed by atoms with Crippen molar-refractivity contribution in [3.8, 4) is 23.2 Å². The van der Waals surface area contributed by atoms with E-state index in [0.717, 1.165) is 18.2 Å². The van der Waals surface area contributed by atoms with E-state index in [-0.39, 0.29) is 64.9 Å². The van der Waals surface area contributed by atoms with E-state index >= 15 is 8.78 Å². The number of likely N-dealkylation sites (tertiary alicyclic amines) is 1. The first-order chi connectivity index (χ1) is 22.0. The van der Waals surface area contributed by atoms with Crippen molar-refractivity contribution >= 4 is 22.9 Å². The number of pyridine rings is 1. The molecule has 5 aromatic rings. The van der Waals surface area contributed by atoms with Gasteiger partial charge in [-0.15, -0.1) is 0 Å². The number of nitrogens with zero attached hydrogens (tertiary/aromatic N) is 5. The number of aromatic carboxylic acids is 1. The highest BCUT2D eigenvalue weighted by Crippen LogP contribution is 2.35. The molecule has 6 rings (SSSR count). The maximum absolute atomic E-state index is 15.6. The third-order valence-electron chi connectivity index (χ3n) is 8.07. The van der Waals surface area contributed by atoms with Crippen LogP contribution in [-0.2, 0) is 24.4 Å². The van der Waals surface area contributed by atoms with Crippen molar-refractivity contribution in [1.82, 2.24) is 19.4 Å². The molecule has 1 atom stereocenters. The second kappa shape index (κ2) is 11.7. The third-order valence-corrected chi connectivity index (χ3v) is 8.07. The number of nitriles is 1. The van der Waals surface area contributed by atoms with Gasteiger partial charge in [-0.2, -0.15) is 5.26 Å². The maximum Gasteiger partial charge on any atom is 0.335 e. The summed E-state index contributed by atoms with van der Waals surface area (Å²) in [4.78, 5) is 34.8. The number of β-lactam (4-membered cyclic amide) rings is 1. The molecule has 1 saturated heterocycles. The standard InChI is InChI=1S/C34H26F3N5O4/c1-34(17-41(2)33(34)45)18-42-29-12-20(32(43)44)8-9-28(29)39-30(42)13-22-11-26(37)23(14-25(22)36)27-4-3-5-31(40-27)46-16-21-7-6-19(15-38)10-24(21)35/h3-12,14H,13,16-18H2,1-2H3,(H,43,44)/t34-/m1/s1. The smallest absolute Gasteiger partial charge is 0.335 e. The molecule has 1 aliphatic rings. The van der Waals surface area contributed by atoms with Crippen LogP contribution in [0.4, 0.5) is 13.2 Å². The average molecular weight is 626 g/mol. The van der Waals surface area contributed by atoms with Crippen molar-refractivity contribution < 1.29 is 32.6 Å². The number of hydrogen-bond donors (Lipinski definition) is 1. The van der Waals surface area contributed by atoms with Gasteiger partial charge in [0.25, 0.3) is 0 Å². The van der Waals surface area contributed by atoms with Crippen LogP contribution >= 0.6 is 0 Å². The van der Waals surface area contributed by atoms with Gasteiger partial charge in [0.15, 0.2) is 0 Å². The topological polar surface area (TPSA) is 121 Å². The minimum Gasteiger partial charge on any atom is -0.478 e. The maximum atomic E-state index is 15.6. The van der Waals surface area contributed by atoms with Gasteiger partial charge in [-0.1, -0.05) is 12.1 Å². The molecule has 46 heavy (non-hydrogen) atoms. The summed E-state index contributed by atoms with van der Waals surface area (Å²) in [5.41, 5.74) is 0.534. The number of halogens is 3. The molecule has 3 aromatic carbocycles. The summed E-state index contributed by atoms with van der Waals surface area (Å²) in [5.74, 6) is -2.90. The molecule has 0 radical (unpaired) electrons. The Balaban J connectivity index is 1.29. The SMILES string of the molecule is CN1C[C@](C)(Cn2c(Cc3cc(F)c(-c4cccc(OCc5ccc(C#N)cc5F)n4)cc3F)nc3ccc(C(=O)O)cc32)C1=O. The van der Waals surface area contributed by atoms with Crippen LogP contribution < -0.4 is 4.74 Å². The van der Waals surface area contributed by atoms with Crippen LogP contribution in [0, 0.1) is 34.2 Å². The van der Waals surface area contributed by atoms with Gasteiger partial charge in [-0.25, -0.2) is 27.9 Å². The van der Waals surface area contributed by atoms with Crippen LogP contribution in [0.15, 0.2) is 66.7 Å². The van der Waals surface area contributed by atoms with E-state index in [1.165, 1.54) is 36.4 Å². The Bertz CT molecular complexity index is 2090. The first-order valence-electron chi connectivity index (χ1n) is 14.2. The second-order valence-corrected chi connectivity index (χ2v) is 11.5. The van der Waals surface area contributed by atoms with Crippen molar-refractivity contribution in [2.45, 2.75) is 26.5 Å². The summed E-state index contributed by atoms with van der Waals surface area (Å²) < 4.78 is 52.7. The van der Waals surface area contributed by atoms with Crippen molar-refractivity contribution in [3.63, 3.8) is 0 Å². The third kappa shape index (κ3) is 5.63. The predicted molar refractivity (Wildman–Crippen MR) is 160 cm³/mol. The summed E-state index contributed by atoms with van der Waals surface area (Å²) in [6.07, 6.45) is -0.132. The minimum absolute atomic E-state index is 0.00201. The highest BCUT2D eigenvalue weighted by atomic mass is 19.1. The zero-order chi connectivity index (χ0) is 32.7. The lowest BCUT2D eigenvalue weighted by molar-refractivity contribution is -0.157. The number of carboxylic acids is 1. The molecule has 12 heteroatoms. The Morgan fingerprint density at radius 1 is 1.02 bits per heavy atom. The number of rotatable bonds is 9. The van der Waals surface area contributed by atoms with Crippen LogP contribution in [-0.4, -0.2) is 50.0 Å². The van der Waals surface area contributed by atoms with Crippen molar-refractivity contribution in [2.75, 3.05) is 13.6 Å². The number of carbonyl (C=O) groups is 2. The van der Waals surface area contributed by atoms with Gasteiger partial charge in [0.2, 0.25) is 11.8 Å². The van der Waals surface area contributed by atoms with Gasteiger partial charge < -0.3 is 19.3 Å². The summed E-state index contributed by atoms with van der Waals surface area (Å²) in [5, 5.41) is 18.5. The largest absolute Gasteiger partial charge is 0.478 e. The van der Waals surface area contributed by atoms with Crippen LogP contribution in [0.2, 0.25) is 0 Å².